The molecular weight excluding hydrogens is 345 g/mol. The van der Waals surface area contributed by atoms with Crippen molar-refractivity contribution in [3.8, 4) is 11.4 Å². The Balaban J connectivity index is 1.65. The number of aromatic nitrogens is 3. The van der Waals surface area contributed by atoms with Gasteiger partial charge in [0.25, 0.3) is 0 Å². The number of ether oxygens (including phenoxy) is 1. The Morgan fingerprint density at radius 3 is 2.76 bits per heavy atom. The fraction of sp³-hybridized carbons (Fsp3) is 0.438. The lowest BCUT2D eigenvalue weighted by molar-refractivity contribution is -0.140. The molecule has 0 radical (unpaired) electrons. The summed E-state index contributed by atoms with van der Waals surface area (Å²) in [6, 6.07) is 5.96. The van der Waals surface area contributed by atoms with Crippen LogP contribution in [-0.2, 0) is 9.53 Å². The zero-order chi connectivity index (χ0) is 18.0. The predicted molar refractivity (Wildman–Crippen MR) is 92.9 cm³/mol. The summed E-state index contributed by atoms with van der Waals surface area (Å²) in [6.07, 6.45) is 0.0471. The van der Waals surface area contributed by atoms with Gasteiger partial charge in [-0.25, -0.2) is 9.07 Å². The average molecular weight is 365 g/mol. The van der Waals surface area contributed by atoms with Crippen LogP contribution in [0.4, 0.5) is 4.39 Å². The van der Waals surface area contributed by atoms with Crippen LogP contribution in [0.2, 0.25) is 0 Å². The first-order chi connectivity index (χ1) is 11.9. The second kappa shape index (κ2) is 7.40. The van der Waals surface area contributed by atoms with E-state index in [4.69, 9.17) is 10.6 Å². The number of hydrogen-bond acceptors (Lipinski definition) is 6. The van der Waals surface area contributed by atoms with E-state index in [2.05, 4.69) is 10.2 Å². The summed E-state index contributed by atoms with van der Waals surface area (Å²) in [4.78, 5) is 14.2. The van der Waals surface area contributed by atoms with E-state index < -0.39 is 0 Å². The molecule has 0 aliphatic carbocycles. The third-order valence-corrected chi connectivity index (χ3v) is 4.77. The van der Waals surface area contributed by atoms with Gasteiger partial charge in [-0.15, -0.1) is 10.2 Å². The van der Waals surface area contributed by atoms with Crippen LogP contribution in [0, 0.1) is 5.82 Å². The number of thioether (sulfide) groups is 1. The summed E-state index contributed by atoms with van der Waals surface area (Å²) in [5.41, 5.74) is 0.531. The van der Waals surface area contributed by atoms with Crippen molar-refractivity contribution >= 4 is 17.7 Å². The summed E-state index contributed by atoms with van der Waals surface area (Å²) in [5.74, 6) is 6.18. The highest BCUT2D eigenvalue weighted by Gasteiger charge is 2.26. The first kappa shape index (κ1) is 17.7. The largest absolute Gasteiger partial charge is 0.372 e. The second-order valence-corrected chi connectivity index (χ2v) is 6.97. The highest BCUT2D eigenvalue weighted by Crippen LogP contribution is 2.23. The lowest BCUT2D eigenvalue weighted by Gasteiger charge is -2.35. The smallest absolute Gasteiger partial charge is 0.233 e. The molecule has 0 spiro atoms. The zero-order valence-corrected chi connectivity index (χ0v) is 14.9. The van der Waals surface area contributed by atoms with E-state index in [1.165, 1.54) is 28.6 Å². The summed E-state index contributed by atoms with van der Waals surface area (Å²) < 4.78 is 20.3. The molecule has 1 fully saturated rings. The van der Waals surface area contributed by atoms with E-state index in [1.807, 2.05) is 13.8 Å². The molecule has 1 aromatic heterocycles. The van der Waals surface area contributed by atoms with Crippen molar-refractivity contribution in [1.29, 1.82) is 0 Å². The molecule has 2 heterocycles. The van der Waals surface area contributed by atoms with Crippen molar-refractivity contribution in [3.05, 3.63) is 30.1 Å². The Hall–Kier alpha value is -2.13. The minimum atomic E-state index is -0.375. The third-order valence-electron chi connectivity index (χ3n) is 3.84. The maximum absolute atomic E-state index is 13.4. The van der Waals surface area contributed by atoms with E-state index in [-0.39, 0.29) is 29.7 Å². The lowest BCUT2D eigenvalue weighted by atomic mass is 10.2. The number of nitrogens with zero attached hydrogens (tertiary/aromatic N) is 4. The van der Waals surface area contributed by atoms with Crippen molar-refractivity contribution < 1.29 is 13.9 Å². The summed E-state index contributed by atoms with van der Waals surface area (Å²) in [6.45, 7) is 5.05. The van der Waals surface area contributed by atoms with Gasteiger partial charge >= 0.3 is 0 Å². The molecule has 25 heavy (non-hydrogen) atoms. The number of morpholine rings is 1. The Bertz CT molecular complexity index is 759. The van der Waals surface area contributed by atoms with Crippen LogP contribution in [0.5, 0.6) is 0 Å². The number of benzene rings is 1. The van der Waals surface area contributed by atoms with Crippen LogP contribution in [0.15, 0.2) is 29.4 Å². The minimum Gasteiger partial charge on any atom is -0.372 e. The molecule has 7 nitrogen and oxygen atoms in total. The molecule has 1 saturated heterocycles. The van der Waals surface area contributed by atoms with Crippen molar-refractivity contribution in [1.82, 2.24) is 19.8 Å². The lowest BCUT2D eigenvalue weighted by Crippen LogP contribution is -2.48. The summed E-state index contributed by atoms with van der Waals surface area (Å²) >= 11 is 1.21. The number of halogens is 1. The summed E-state index contributed by atoms with van der Waals surface area (Å²) in [5, 5.41) is 8.40. The molecule has 0 unspecified atom stereocenters. The highest BCUT2D eigenvalue weighted by molar-refractivity contribution is 7.99. The fourth-order valence-corrected chi connectivity index (χ4v) is 3.56. The molecule has 2 N–H and O–H groups in total. The van der Waals surface area contributed by atoms with Crippen LogP contribution in [0.3, 0.4) is 0 Å². The van der Waals surface area contributed by atoms with Crippen molar-refractivity contribution in [2.45, 2.75) is 31.2 Å². The van der Waals surface area contributed by atoms with E-state index >= 15 is 0 Å². The number of nitrogen functional groups attached to an aromatic ring is 1. The number of carbonyl (C=O) groups excluding carboxylic acids is 1. The zero-order valence-electron chi connectivity index (χ0n) is 14.1. The van der Waals surface area contributed by atoms with E-state index in [0.29, 0.717) is 29.6 Å². The van der Waals surface area contributed by atoms with E-state index in [9.17, 15) is 9.18 Å². The van der Waals surface area contributed by atoms with Gasteiger partial charge in [0.05, 0.1) is 18.0 Å². The Morgan fingerprint density at radius 2 is 2.08 bits per heavy atom. The van der Waals surface area contributed by atoms with Crippen molar-refractivity contribution in [3.63, 3.8) is 0 Å². The Morgan fingerprint density at radius 1 is 1.36 bits per heavy atom. The van der Waals surface area contributed by atoms with Crippen LogP contribution < -0.4 is 5.84 Å². The molecule has 2 atom stereocenters. The molecule has 0 bridgehead atoms. The quantitative estimate of drug-likeness (QED) is 0.653. The van der Waals surface area contributed by atoms with Crippen LogP contribution in [0.1, 0.15) is 13.8 Å². The molecule has 1 aromatic carbocycles. The standard InChI is InChI=1S/C16H20FN5O2S/c1-10-7-21(8-11(2)24-10)14(23)9-25-16-20-19-15(22(16)18)12-4-3-5-13(17)6-12/h3-6,10-11H,7-9,18H2,1-2H3/t10-,11-/m0/s1. The Labute approximate surface area is 149 Å². The predicted octanol–water partition coefficient (Wildman–Crippen LogP) is 1.53. The molecule has 1 amide bonds. The van der Waals surface area contributed by atoms with E-state index in [1.54, 1.807) is 17.0 Å². The fourth-order valence-electron chi connectivity index (χ4n) is 2.80. The molecule has 9 heteroatoms. The molecule has 2 aromatic rings. The van der Waals surface area contributed by atoms with Gasteiger partial charge < -0.3 is 15.5 Å². The van der Waals surface area contributed by atoms with Gasteiger partial charge in [0.1, 0.15) is 5.82 Å². The molecular formula is C16H20FN5O2S. The van der Waals surface area contributed by atoms with Gasteiger partial charge in [0, 0.05) is 18.7 Å². The number of hydrogen-bond donors (Lipinski definition) is 1. The summed E-state index contributed by atoms with van der Waals surface area (Å²) in [7, 11) is 0. The monoisotopic (exact) mass is 365 g/mol. The first-order valence-corrected chi connectivity index (χ1v) is 8.95. The molecule has 1 aliphatic rings. The van der Waals surface area contributed by atoms with Gasteiger partial charge in [0.2, 0.25) is 11.1 Å². The van der Waals surface area contributed by atoms with Crippen LogP contribution >= 0.6 is 11.8 Å². The Kier molecular flexibility index (Phi) is 5.24. The first-order valence-electron chi connectivity index (χ1n) is 7.96. The average Bonchev–Trinajstić information content (AvgIpc) is 2.92. The number of carbonyl (C=O) groups is 1. The molecule has 134 valence electrons. The highest BCUT2D eigenvalue weighted by atomic mass is 32.2. The third kappa shape index (κ3) is 4.10. The SMILES string of the molecule is C[C@H]1CN(C(=O)CSc2nnc(-c3cccc(F)c3)n2N)C[C@H](C)O1. The van der Waals surface area contributed by atoms with Gasteiger partial charge in [-0.05, 0) is 26.0 Å². The normalized spacial score (nSPS) is 20.7. The topological polar surface area (TPSA) is 86.3 Å². The van der Waals surface area contributed by atoms with Gasteiger partial charge in [-0.2, -0.15) is 0 Å². The molecule has 3 rings (SSSR count). The van der Waals surface area contributed by atoms with Gasteiger partial charge in [-0.1, -0.05) is 23.9 Å². The van der Waals surface area contributed by atoms with E-state index in [0.717, 1.165) is 0 Å². The van der Waals surface area contributed by atoms with Crippen LogP contribution in [0.25, 0.3) is 11.4 Å². The number of nitrogens with two attached hydrogens (primary N) is 1. The minimum absolute atomic E-state index is 0.00213. The maximum atomic E-state index is 13.4. The van der Waals surface area contributed by atoms with Gasteiger partial charge in [0.15, 0.2) is 5.82 Å². The number of rotatable bonds is 4. The molecule has 1 aliphatic heterocycles. The van der Waals surface area contributed by atoms with Crippen molar-refractivity contribution in [2.75, 3.05) is 24.7 Å². The maximum Gasteiger partial charge on any atom is 0.233 e. The van der Waals surface area contributed by atoms with Crippen molar-refractivity contribution in [2.24, 2.45) is 0 Å². The van der Waals surface area contributed by atoms with Gasteiger partial charge in [-0.3, -0.25) is 4.79 Å². The second-order valence-electron chi connectivity index (χ2n) is 6.03. The van der Waals surface area contributed by atoms with Crippen LogP contribution in [-0.4, -0.2) is 56.7 Å². The number of amides is 1. The molecule has 0 saturated carbocycles.